The Morgan fingerprint density at radius 3 is 3.07 bits per heavy atom. The lowest BCUT2D eigenvalue weighted by Crippen LogP contribution is -2.12. The Kier molecular flexibility index (Phi) is 2.74. The topological polar surface area (TPSA) is 37.8 Å². The van der Waals surface area contributed by atoms with Crippen LogP contribution in [0.4, 0.5) is 0 Å². The van der Waals surface area contributed by atoms with Crippen molar-refractivity contribution in [1.82, 2.24) is 15.3 Å². The maximum absolute atomic E-state index is 4.50. The number of nitrogens with zero attached hydrogens (tertiary/aromatic N) is 2. The van der Waals surface area contributed by atoms with Gasteiger partial charge in [0.2, 0.25) is 0 Å². The minimum Gasteiger partial charge on any atom is -0.319 e. The Morgan fingerprint density at radius 2 is 2.29 bits per heavy atom. The predicted octanol–water partition coefficient (Wildman–Crippen LogP) is 1.76. The molecule has 0 saturated heterocycles. The number of hydrogen-bond acceptors (Lipinski definition) is 4. The molecule has 0 saturated carbocycles. The Hall–Kier alpha value is -1.00. The van der Waals surface area contributed by atoms with E-state index in [-0.39, 0.29) is 0 Å². The maximum atomic E-state index is 4.50. The molecule has 4 heteroatoms. The highest BCUT2D eigenvalue weighted by molar-refractivity contribution is 7.16. The van der Waals surface area contributed by atoms with Crippen molar-refractivity contribution in [3.63, 3.8) is 0 Å². The van der Waals surface area contributed by atoms with Crippen LogP contribution in [0, 0.1) is 6.92 Å². The van der Waals surface area contributed by atoms with Gasteiger partial charge >= 0.3 is 0 Å². The average molecular weight is 207 g/mol. The predicted molar refractivity (Wildman–Crippen MR) is 59.8 cm³/mol. The van der Waals surface area contributed by atoms with Crippen molar-refractivity contribution in [2.75, 3.05) is 13.6 Å². The summed E-state index contributed by atoms with van der Waals surface area (Å²) in [7, 11) is 1.94. The molecule has 14 heavy (non-hydrogen) atoms. The van der Waals surface area contributed by atoms with E-state index in [0.717, 1.165) is 29.3 Å². The molecule has 0 aliphatic rings. The molecule has 0 unspecified atom stereocenters. The van der Waals surface area contributed by atoms with Gasteiger partial charge < -0.3 is 5.32 Å². The van der Waals surface area contributed by atoms with E-state index < -0.39 is 0 Å². The van der Waals surface area contributed by atoms with Crippen molar-refractivity contribution in [3.8, 4) is 0 Å². The standard InChI is InChI=1S/C10H13N3S/c1-7-8-4-6-14-10(8)13-9(12-7)3-5-11-2/h4,6,11H,3,5H2,1-2H3. The van der Waals surface area contributed by atoms with Gasteiger partial charge in [0.05, 0.1) is 0 Å². The molecule has 3 nitrogen and oxygen atoms in total. The lowest BCUT2D eigenvalue weighted by atomic mass is 10.3. The second-order valence-electron chi connectivity index (χ2n) is 3.22. The molecule has 0 aliphatic carbocycles. The van der Waals surface area contributed by atoms with Crippen LogP contribution in [0.25, 0.3) is 10.2 Å². The van der Waals surface area contributed by atoms with Gasteiger partial charge in [-0.25, -0.2) is 9.97 Å². The summed E-state index contributed by atoms with van der Waals surface area (Å²) in [5.74, 6) is 0.937. The molecule has 0 aromatic carbocycles. The van der Waals surface area contributed by atoms with Crippen molar-refractivity contribution < 1.29 is 0 Å². The first-order valence-electron chi connectivity index (χ1n) is 4.66. The summed E-state index contributed by atoms with van der Waals surface area (Å²) >= 11 is 1.68. The second-order valence-corrected chi connectivity index (χ2v) is 4.11. The van der Waals surface area contributed by atoms with Crippen LogP contribution in [-0.2, 0) is 6.42 Å². The SMILES string of the molecule is CNCCc1nc(C)c2ccsc2n1. The zero-order valence-electron chi connectivity index (χ0n) is 8.37. The molecule has 0 spiro atoms. The van der Waals surface area contributed by atoms with Gasteiger partial charge in [-0.2, -0.15) is 0 Å². The lowest BCUT2D eigenvalue weighted by Gasteiger charge is -2.01. The third-order valence-electron chi connectivity index (χ3n) is 2.16. The fourth-order valence-corrected chi connectivity index (χ4v) is 2.24. The summed E-state index contributed by atoms with van der Waals surface area (Å²) in [6.07, 6.45) is 0.894. The number of hydrogen-bond donors (Lipinski definition) is 1. The van der Waals surface area contributed by atoms with E-state index >= 15 is 0 Å². The maximum Gasteiger partial charge on any atom is 0.131 e. The third kappa shape index (κ3) is 1.76. The summed E-state index contributed by atoms with van der Waals surface area (Å²) < 4.78 is 0. The zero-order chi connectivity index (χ0) is 9.97. The monoisotopic (exact) mass is 207 g/mol. The molecule has 0 amide bonds. The molecule has 2 heterocycles. The Labute approximate surface area is 87.2 Å². The fraction of sp³-hybridized carbons (Fsp3) is 0.400. The smallest absolute Gasteiger partial charge is 0.131 e. The largest absolute Gasteiger partial charge is 0.319 e. The van der Waals surface area contributed by atoms with Crippen molar-refractivity contribution in [2.24, 2.45) is 0 Å². The van der Waals surface area contributed by atoms with Gasteiger partial charge in [0.1, 0.15) is 10.7 Å². The summed E-state index contributed by atoms with van der Waals surface area (Å²) in [5, 5.41) is 6.35. The number of rotatable bonds is 3. The van der Waals surface area contributed by atoms with E-state index in [9.17, 15) is 0 Å². The number of thiophene rings is 1. The first-order valence-corrected chi connectivity index (χ1v) is 5.54. The van der Waals surface area contributed by atoms with Crippen LogP contribution in [-0.4, -0.2) is 23.6 Å². The van der Waals surface area contributed by atoms with Gasteiger partial charge in [-0.05, 0) is 25.4 Å². The van der Waals surface area contributed by atoms with Crippen molar-refractivity contribution in [3.05, 3.63) is 23.0 Å². The summed E-state index contributed by atoms with van der Waals surface area (Å²) in [4.78, 5) is 10.1. The third-order valence-corrected chi connectivity index (χ3v) is 2.97. The van der Waals surface area contributed by atoms with Gasteiger partial charge in [0.25, 0.3) is 0 Å². The molecule has 1 N–H and O–H groups in total. The molecule has 2 aromatic rings. The first kappa shape index (κ1) is 9.55. The molecular weight excluding hydrogens is 194 g/mol. The average Bonchev–Trinajstić information content (AvgIpc) is 2.63. The van der Waals surface area contributed by atoms with Crippen LogP contribution in [0.1, 0.15) is 11.5 Å². The van der Waals surface area contributed by atoms with Crippen molar-refractivity contribution >= 4 is 21.6 Å². The first-order chi connectivity index (χ1) is 6.81. The quantitative estimate of drug-likeness (QED) is 0.833. The van der Waals surface area contributed by atoms with E-state index in [2.05, 4.69) is 26.7 Å². The number of fused-ring (bicyclic) bond motifs is 1. The number of likely N-dealkylation sites (N-methyl/N-ethyl adjacent to an activating group) is 1. The van der Waals surface area contributed by atoms with Crippen LogP contribution in [0.5, 0.6) is 0 Å². The van der Waals surface area contributed by atoms with Crippen LogP contribution in [0.2, 0.25) is 0 Å². The van der Waals surface area contributed by atoms with Gasteiger partial charge in [-0.1, -0.05) is 0 Å². The zero-order valence-corrected chi connectivity index (χ0v) is 9.19. The van der Waals surface area contributed by atoms with E-state index in [1.807, 2.05) is 14.0 Å². The van der Waals surface area contributed by atoms with Crippen LogP contribution < -0.4 is 5.32 Å². The second kappa shape index (κ2) is 4.02. The molecule has 0 atom stereocenters. The highest BCUT2D eigenvalue weighted by Crippen LogP contribution is 2.20. The van der Waals surface area contributed by atoms with Crippen LogP contribution in [0.3, 0.4) is 0 Å². The van der Waals surface area contributed by atoms with E-state index in [0.29, 0.717) is 0 Å². The minimum atomic E-state index is 0.894. The molecule has 74 valence electrons. The summed E-state index contributed by atoms with van der Waals surface area (Å²) in [5.41, 5.74) is 1.09. The molecule has 0 bridgehead atoms. The van der Waals surface area contributed by atoms with Crippen molar-refractivity contribution in [2.45, 2.75) is 13.3 Å². The normalized spacial score (nSPS) is 11.0. The number of aromatic nitrogens is 2. The molecule has 2 rings (SSSR count). The minimum absolute atomic E-state index is 0.894. The van der Waals surface area contributed by atoms with E-state index in [1.165, 1.54) is 5.39 Å². The van der Waals surface area contributed by atoms with Gasteiger partial charge in [-0.3, -0.25) is 0 Å². The Morgan fingerprint density at radius 1 is 1.43 bits per heavy atom. The van der Waals surface area contributed by atoms with Gasteiger partial charge in [0, 0.05) is 24.0 Å². The van der Waals surface area contributed by atoms with Crippen molar-refractivity contribution in [1.29, 1.82) is 0 Å². The summed E-state index contributed by atoms with van der Waals surface area (Å²) in [6.45, 7) is 2.97. The van der Waals surface area contributed by atoms with Crippen LogP contribution in [0.15, 0.2) is 11.4 Å². The van der Waals surface area contributed by atoms with E-state index in [4.69, 9.17) is 0 Å². The molecular formula is C10H13N3S. The lowest BCUT2D eigenvalue weighted by molar-refractivity contribution is 0.757. The highest BCUT2D eigenvalue weighted by atomic mass is 32.1. The molecule has 0 aliphatic heterocycles. The Balaban J connectivity index is 2.38. The van der Waals surface area contributed by atoms with Crippen LogP contribution >= 0.6 is 11.3 Å². The van der Waals surface area contributed by atoms with E-state index in [1.54, 1.807) is 11.3 Å². The number of nitrogens with one attached hydrogen (secondary N) is 1. The van der Waals surface area contributed by atoms with Gasteiger partial charge in [-0.15, -0.1) is 11.3 Å². The Bertz CT molecular complexity index is 436. The molecule has 2 aromatic heterocycles. The highest BCUT2D eigenvalue weighted by Gasteiger charge is 2.04. The van der Waals surface area contributed by atoms with Gasteiger partial charge in [0.15, 0.2) is 0 Å². The molecule has 0 radical (unpaired) electrons. The fourth-order valence-electron chi connectivity index (χ4n) is 1.41. The summed E-state index contributed by atoms with van der Waals surface area (Å²) in [6, 6.07) is 2.08. The molecule has 0 fully saturated rings. The number of aryl methyl sites for hydroxylation is 1.